The lowest BCUT2D eigenvalue weighted by Crippen LogP contribution is -2.17. The average Bonchev–Trinajstić information content (AvgIpc) is 2.12. The summed E-state index contributed by atoms with van der Waals surface area (Å²) in [6.07, 6.45) is -5.38. The quantitative estimate of drug-likeness (QED) is 0.364. The molecule has 0 atom stereocenters. The second-order valence-electron chi connectivity index (χ2n) is 2.63. The lowest BCUT2D eigenvalue weighted by Gasteiger charge is -2.12. The lowest BCUT2D eigenvalue weighted by molar-refractivity contribution is -0.142. The molecule has 2 nitrogen and oxygen atoms in total. The molecule has 0 heterocycles. The van der Waals surface area contributed by atoms with Crippen molar-refractivity contribution in [2.75, 3.05) is 5.43 Å². The van der Waals surface area contributed by atoms with Crippen LogP contribution >= 0.6 is 0 Å². The summed E-state index contributed by atoms with van der Waals surface area (Å²) >= 11 is 0. The number of hydrogen-bond acceptors (Lipinski definition) is 2. The highest BCUT2D eigenvalue weighted by atomic mass is 19.4. The van der Waals surface area contributed by atoms with E-state index in [0.717, 1.165) is 0 Å². The molecule has 0 bridgehead atoms. The van der Waals surface area contributed by atoms with Crippen LogP contribution < -0.4 is 11.1 Å². The predicted molar refractivity (Wildman–Crippen MR) is 39.2 cm³/mol. The molecule has 1 aromatic carbocycles. The maximum absolute atomic E-state index is 12.8. The largest absolute Gasteiger partial charge is 0.422 e. The van der Waals surface area contributed by atoms with E-state index in [-0.39, 0.29) is 6.07 Å². The highest BCUT2D eigenvalue weighted by molar-refractivity contribution is 5.47. The molecule has 0 amide bonds. The molecule has 16 heavy (non-hydrogen) atoms. The van der Waals surface area contributed by atoms with E-state index in [4.69, 9.17) is 0 Å². The Kier molecular flexibility index (Phi) is 3.27. The van der Waals surface area contributed by atoms with Gasteiger partial charge >= 0.3 is 6.18 Å². The van der Waals surface area contributed by atoms with Gasteiger partial charge in [-0.1, -0.05) is 5.65 Å². The number of halogens is 7. The molecule has 0 saturated heterocycles. The molecule has 0 saturated carbocycles. The predicted octanol–water partition coefficient (Wildman–Crippen LogP) is 2.92. The minimum atomic E-state index is -5.38. The van der Waals surface area contributed by atoms with Crippen LogP contribution in [0.4, 0.5) is 36.5 Å². The molecule has 0 aromatic heterocycles. The van der Waals surface area contributed by atoms with Crippen LogP contribution in [0.15, 0.2) is 6.07 Å². The van der Waals surface area contributed by atoms with E-state index < -0.39 is 34.9 Å². The minimum absolute atomic E-state index is 0.0200. The fourth-order valence-corrected chi connectivity index (χ4v) is 0.997. The van der Waals surface area contributed by atoms with E-state index in [2.05, 4.69) is 0 Å². The first-order valence-electron chi connectivity index (χ1n) is 3.65. The summed E-state index contributed by atoms with van der Waals surface area (Å²) in [5.41, 5.74) is -1.56. The van der Waals surface area contributed by atoms with Crippen molar-refractivity contribution >= 4 is 5.69 Å². The smallest absolute Gasteiger partial charge is 0.291 e. The number of alkyl halides is 3. The molecule has 2 N–H and O–H groups in total. The molecule has 90 valence electrons. The summed E-state index contributed by atoms with van der Waals surface area (Å²) in [5, 5.41) is 0. The molecule has 9 heteroatoms. The van der Waals surface area contributed by atoms with Crippen LogP contribution in [-0.2, 0) is 6.18 Å². The first kappa shape index (κ1) is 12.6. The van der Waals surface area contributed by atoms with Gasteiger partial charge in [0, 0.05) is 6.07 Å². The fraction of sp³-hybridized carbons (Fsp3) is 0.143. The number of hydrogen-bond donors (Lipinski definition) is 2. The molecule has 1 aromatic rings. The van der Waals surface area contributed by atoms with Gasteiger partial charge in [0.25, 0.3) is 0 Å². The molecule has 0 aliphatic carbocycles. The summed E-state index contributed by atoms with van der Waals surface area (Å²) < 4.78 is 86.1. The summed E-state index contributed by atoms with van der Waals surface area (Å²) in [4.78, 5) is 0. The monoisotopic (exact) mass is 248 g/mol. The Bertz CT molecular complexity index is 401. The maximum atomic E-state index is 12.8. The van der Waals surface area contributed by atoms with E-state index in [0.29, 0.717) is 5.65 Å². The standard InChI is InChI=1S/C7H3F7N2/c8-2-1-3(15-16-14)5(9)6(10)4(2)7(11,12)13/h1,15-16H. The first-order chi connectivity index (χ1) is 7.29. The van der Waals surface area contributed by atoms with Crippen LogP contribution in [-0.4, -0.2) is 0 Å². The van der Waals surface area contributed by atoms with E-state index in [9.17, 15) is 30.8 Å². The molecule has 0 radical (unpaired) electrons. The van der Waals surface area contributed by atoms with Gasteiger partial charge in [-0.05, 0) is 0 Å². The van der Waals surface area contributed by atoms with Gasteiger partial charge in [0.15, 0.2) is 11.6 Å². The number of rotatable bonds is 2. The third-order valence-electron chi connectivity index (χ3n) is 1.62. The van der Waals surface area contributed by atoms with Crippen molar-refractivity contribution in [3.63, 3.8) is 0 Å². The van der Waals surface area contributed by atoms with E-state index in [1.54, 1.807) is 0 Å². The third-order valence-corrected chi connectivity index (χ3v) is 1.62. The maximum Gasteiger partial charge on any atom is 0.422 e. The summed E-state index contributed by atoms with van der Waals surface area (Å²) in [6, 6.07) is -0.0200. The Labute approximate surface area is 84.0 Å². The molecule has 0 unspecified atom stereocenters. The number of nitrogens with one attached hydrogen (secondary N) is 2. The molecule has 1 rings (SSSR count). The van der Waals surface area contributed by atoms with Crippen LogP contribution in [0.25, 0.3) is 0 Å². The Hall–Kier alpha value is -1.51. The van der Waals surface area contributed by atoms with Crippen molar-refractivity contribution in [1.82, 2.24) is 5.65 Å². The van der Waals surface area contributed by atoms with Gasteiger partial charge in [0.1, 0.15) is 11.4 Å². The van der Waals surface area contributed by atoms with Crippen LogP contribution in [0.3, 0.4) is 0 Å². The molecule has 0 aliphatic rings. The lowest BCUT2D eigenvalue weighted by atomic mass is 10.1. The molecule has 0 spiro atoms. The van der Waals surface area contributed by atoms with Crippen molar-refractivity contribution in [2.45, 2.75) is 6.18 Å². The number of hydrazine groups is 1. The van der Waals surface area contributed by atoms with Crippen LogP contribution in [0.1, 0.15) is 5.56 Å². The summed E-state index contributed by atoms with van der Waals surface area (Å²) in [7, 11) is 0. The van der Waals surface area contributed by atoms with Gasteiger partial charge in [-0.3, -0.25) is 5.43 Å². The zero-order valence-electron chi connectivity index (χ0n) is 7.22. The molecular weight excluding hydrogens is 245 g/mol. The minimum Gasteiger partial charge on any atom is -0.291 e. The average molecular weight is 248 g/mol. The van der Waals surface area contributed by atoms with Crippen molar-refractivity contribution in [1.29, 1.82) is 0 Å². The van der Waals surface area contributed by atoms with Crippen molar-refractivity contribution in [3.05, 3.63) is 29.1 Å². The highest BCUT2D eigenvalue weighted by Crippen LogP contribution is 2.36. The topological polar surface area (TPSA) is 24.1 Å². The van der Waals surface area contributed by atoms with Gasteiger partial charge in [-0.2, -0.15) is 13.2 Å². The van der Waals surface area contributed by atoms with E-state index in [1.807, 2.05) is 0 Å². The van der Waals surface area contributed by atoms with Crippen LogP contribution in [0.5, 0.6) is 0 Å². The Morgan fingerprint density at radius 2 is 1.56 bits per heavy atom. The zero-order chi connectivity index (χ0) is 12.5. The van der Waals surface area contributed by atoms with Gasteiger partial charge in [0.2, 0.25) is 0 Å². The summed E-state index contributed by atoms with van der Waals surface area (Å²) in [6.45, 7) is 0. The SMILES string of the molecule is FNNc1cc(F)c(C(F)(F)F)c(F)c1F. The highest BCUT2D eigenvalue weighted by Gasteiger charge is 2.39. The van der Waals surface area contributed by atoms with Gasteiger partial charge < -0.3 is 0 Å². The van der Waals surface area contributed by atoms with Crippen molar-refractivity contribution in [2.24, 2.45) is 0 Å². The molecular formula is C7H3F7N2. The summed E-state index contributed by atoms with van der Waals surface area (Å²) in [5.74, 6) is -6.53. The number of benzene rings is 1. The second kappa shape index (κ2) is 4.16. The zero-order valence-corrected chi connectivity index (χ0v) is 7.22. The Balaban J connectivity index is 3.40. The van der Waals surface area contributed by atoms with Crippen molar-refractivity contribution in [3.8, 4) is 0 Å². The normalized spacial score (nSPS) is 11.7. The van der Waals surface area contributed by atoms with E-state index in [1.165, 1.54) is 5.43 Å². The second-order valence-corrected chi connectivity index (χ2v) is 2.63. The van der Waals surface area contributed by atoms with Crippen molar-refractivity contribution < 1.29 is 30.8 Å². The van der Waals surface area contributed by atoms with Crippen LogP contribution in [0, 0.1) is 17.5 Å². The number of anilines is 1. The van der Waals surface area contributed by atoms with Gasteiger partial charge in [-0.15, -0.1) is 4.48 Å². The Morgan fingerprint density at radius 1 is 1.00 bits per heavy atom. The van der Waals surface area contributed by atoms with Gasteiger partial charge in [-0.25, -0.2) is 13.2 Å². The van der Waals surface area contributed by atoms with Gasteiger partial charge in [0.05, 0.1) is 5.69 Å². The van der Waals surface area contributed by atoms with Crippen LogP contribution in [0.2, 0.25) is 0 Å². The Morgan fingerprint density at radius 3 is 2.00 bits per heavy atom. The fourth-order valence-electron chi connectivity index (χ4n) is 0.997. The third kappa shape index (κ3) is 2.18. The van der Waals surface area contributed by atoms with E-state index >= 15 is 0 Å². The molecule has 0 aliphatic heterocycles. The molecule has 0 fully saturated rings. The first-order valence-corrected chi connectivity index (χ1v) is 3.65.